The molecule has 0 bridgehead atoms. The Hall–Kier alpha value is -3.46. The van der Waals surface area contributed by atoms with Crippen LogP contribution in [0.1, 0.15) is 63.9 Å². The maximum Gasteiger partial charge on any atom is 0.292 e. The summed E-state index contributed by atoms with van der Waals surface area (Å²) in [6.07, 6.45) is 3.31. The number of aliphatic hydroxyl groups excluding tert-OH is 1. The lowest BCUT2D eigenvalue weighted by Gasteiger charge is -2.33. The number of carbonyl (C=O) groups excluding carboxylic acids is 1. The highest BCUT2D eigenvalue weighted by Crippen LogP contribution is 2.35. The van der Waals surface area contributed by atoms with Crippen molar-refractivity contribution in [3.05, 3.63) is 70.7 Å². The van der Waals surface area contributed by atoms with Crippen LogP contribution in [-0.2, 0) is 6.42 Å². The fourth-order valence-corrected chi connectivity index (χ4v) is 4.03. The number of hydrogen-bond acceptors (Lipinski definition) is 6. The average Bonchev–Trinajstić information content (AvgIpc) is 3.44. The molecule has 2 atom stereocenters. The van der Waals surface area contributed by atoms with Crippen molar-refractivity contribution in [1.29, 1.82) is 0 Å². The Morgan fingerprint density at radius 1 is 1.40 bits per heavy atom. The standard InChI is InChI=1S/C21H22N6O3/c1-11-5-4-7-27-16(11)9-15(25-27)18-17-14(22-10-23-17)6-8-26(18)21(29)19-12(2)24-20(30-19)13(3)28/h4-5,7,9-10,13,18,28H,6,8H2,1-3H3,(H,22,23)/t13-,18-/m1/s1. The molecule has 9 heteroatoms. The third kappa shape index (κ3) is 2.81. The lowest BCUT2D eigenvalue weighted by atomic mass is 9.99. The second-order valence-electron chi connectivity index (χ2n) is 7.65. The summed E-state index contributed by atoms with van der Waals surface area (Å²) in [5, 5.41) is 14.5. The molecular weight excluding hydrogens is 384 g/mol. The van der Waals surface area contributed by atoms with Gasteiger partial charge in [-0.25, -0.2) is 14.5 Å². The summed E-state index contributed by atoms with van der Waals surface area (Å²) in [4.78, 5) is 27.1. The van der Waals surface area contributed by atoms with Crippen molar-refractivity contribution in [3.8, 4) is 0 Å². The molecule has 154 valence electrons. The van der Waals surface area contributed by atoms with E-state index in [1.54, 1.807) is 25.1 Å². The maximum atomic E-state index is 13.5. The highest BCUT2D eigenvalue weighted by Gasteiger charge is 2.38. The Kier molecular flexibility index (Phi) is 4.21. The molecule has 0 saturated carbocycles. The van der Waals surface area contributed by atoms with Gasteiger partial charge < -0.3 is 19.4 Å². The Bertz CT molecular complexity index is 1250. The van der Waals surface area contributed by atoms with Crippen LogP contribution in [0, 0.1) is 13.8 Å². The summed E-state index contributed by atoms with van der Waals surface area (Å²) < 4.78 is 7.44. The second-order valence-corrected chi connectivity index (χ2v) is 7.65. The Labute approximate surface area is 172 Å². The van der Waals surface area contributed by atoms with E-state index in [4.69, 9.17) is 9.52 Å². The first-order chi connectivity index (χ1) is 14.4. The predicted molar refractivity (Wildman–Crippen MR) is 107 cm³/mol. The van der Waals surface area contributed by atoms with Crippen LogP contribution in [0.3, 0.4) is 0 Å². The summed E-state index contributed by atoms with van der Waals surface area (Å²) >= 11 is 0. The molecule has 1 aliphatic heterocycles. The lowest BCUT2D eigenvalue weighted by molar-refractivity contribution is 0.0644. The number of pyridine rings is 1. The van der Waals surface area contributed by atoms with Crippen molar-refractivity contribution in [1.82, 2.24) is 29.5 Å². The fourth-order valence-electron chi connectivity index (χ4n) is 4.03. The molecule has 0 saturated heterocycles. The zero-order chi connectivity index (χ0) is 21.0. The van der Waals surface area contributed by atoms with Gasteiger partial charge in [0.1, 0.15) is 12.1 Å². The smallest absolute Gasteiger partial charge is 0.292 e. The van der Waals surface area contributed by atoms with Gasteiger partial charge in [0.25, 0.3) is 5.91 Å². The first-order valence-electron chi connectivity index (χ1n) is 9.87. The molecule has 4 aromatic rings. The molecule has 0 spiro atoms. The zero-order valence-corrected chi connectivity index (χ0v) is 17.0. The van der Waals surface area contributed by atoms with Crippen LogP contribution in [0.25, 0.3) is 5.52 Å². The van der Waals surface area contributed by atoms with Crippen molar-refractivity contribution in [2.24, 2.45) is 0 Å². The van der Waals surface area contributed by atoms with Gasteiger partial charge in [0.05, 0.1) is 28.9 Å². The minimum absolute atomic E-state index is 0.133. The molecule has 5 heterocycles. The molecule has 0 radical (unpaired) electrons. The molecular formula is C21H22N6O3. The number of rotatable bonds is 3. The number of hydrogen-bond donors (Lipinski definition) is 2. The maximum absolute atomic E-state index is 13.5. The number of nitrogens with one attached hydrogen (secondary N) is 1. The summed E-state index contributed by atoms with van der Waals surface area (Å²) in [5.41, 5.74) is 5.04. The van der Waals surface area contributed by atoms with Crippen molar-refractivity contribution in [2.45, 2.75) is 39.3 Å². The molecule has 0 aliphatic carbocycles. The zero-order valence-electron chi connectivity index (χ0n) is 17.0. The first-order valence-corrected chi connectivity index (χ1v) is 9.87. The van der Waals surface area contributed by atoms with Crippen LogP contribution in [0.4, 0.5) is 0 Å². The van der Waals surface area contributed by atoms with E-state index in [-0.39, 0.29) is 17.6 Å². The summed E-state index contributed by atoms with van der Waals surface area (Å²) in [5.74, 6) is -0.0256. The van der Waals surface area contributed by atoms with Crippen molar-refractivity contribution >= 4 is 11.4 Å². The number of oxazole rings is 1. The molecule has 5 rings (SSSR count). The minimum atomic E-state index is -0.887. The molecule has 0 unspecified atom stereocenters. The Balaban J connectivity index is 1.62. The molecule has 1 aliphatic rings. The van der Waals surface area contributed by atoms with Crippen LogP contribution < -0.4 is 0 Å². The van der Waals surface area contributed by atoms with E-state index in [1.807, 2.05) is 35.8 Å². The number of fused-ring (bicyclic) bond motifs is 2. The van der Waals surface area contributed by atoms with Gasteiger partial charge in [-0.1, -0.05) is 6.07 Å². The number of aryl methyl sites for hydroxylation is 2. The molecule has 4 aromatic heterocycles. The molecule has 30 heavy (non-hydrogen) atoms. The van der Waals surface area contributed by atoms with E-state index < -0.39 is 12.1 Å². The predicted octanol–water partition coefficient (Wildman–Crippen LogP) is 2.50. The van der Waals surface area contributed by atoms with Gasteiger partial charge in [-0.3, -0.25) is 4.79 Å². The average molecular weight is 406 g/mol. The van der Waals surface area contributed by atoms with Crippen LogP contribution in [0.2, 0.25) is 0 Å². The fraction of sp³-hybridized carbons (Fsp3) is 0.333. The number of aliphatic hydroxyl groups is 1. The monoisotopic (exact) mass is 406 g/mol. The van der Waals surface area contributed by atoms with E-state index in [9.17, 15) is 9.90 Å². The number of amides is 1. The van der Waals surface area contributed by atoms with Gasteiger partial charge in [-0.2, -0.15) is 5.10 Å². The van der Waals surface area contributed by atoms with Gasteiger partial charge >= 0.3 is 0 Å². The summed E-state index contributed by atoms with van der Waals surface area (Å²) in [6, 6.07) is 5.52. The van der Waals surface area contributed by atoms with Crippen molar-refractivity contribution in [2.75, 3.05) is 6.54 Å². The molecule has 0 aromatic carbocycles. The van der Waals surface area contributed by atoms with Gasteiger partial charge in [0, 0.05) is 24.9 Å². The molecule has 0 fully saturated rings. The van der Waals surface area contributed by atoms with E-state index in [1.165, 1.54) is 0 Å². The third-order valence-corrected chi connectivity index (χ3v) is 5.56. The quantitative estimate of drug-likeness (QED) is 0.541. The third-order valence-electron chi connectivity index (χ3n) is 5.56. The van der Waals surface area contributed by atoms with E-state index in [0.29, 0.717) is 18.7 Å². The van der Waals surface area contributed by atoms with E-state index in [2.05, 4.69) is 15.0 Å². The molecule has 9 nitrogen and oxygen atoms in total. The number of H-pyrrole nitrogens is 1. The Morgan fingerprint density at radius 2 is 2.23 bits per heavy atom. The largest absolute Gasteiger partial charge is 0.432 e. The van der Waals surface area contributed by atoms with Crippen molar-refractivity contribution < 1.29 is 14.3 Å². The normalized spacial score (nSPS) is 17.3. The van der Waals surface area contributed by atoms with Crippen LogP contribution in [-0.4, -0.2) is 47.0 Å². The highest BCUT2D eigenvalue weighted by molar-refractivity contribution is 5.93. The van der Waals surface area contributed by atoms with Gasteiger partial charge in [0.15, 0.2) is 0 Å². The van der Waals surface area contributed by atoms with E-state index >= 15 is 0 Å². The van der Waals surface area contributed by atoms with Crippen LogP contribution in [0.15, 0.2) is 35.1 Å². The molecule has 2 N–H and O–H groups in total. The second kappa shape index (κ2) is 6.81. The topological polar surface area (TPSA) is 113 Å². The van der Waals surface area contributed by atoms with E-state index in [0.717, 1.165) is 28.2 Å². The summed E-state index contributed by atoms with van der Waals surface area (Å²) in [6.45, 7) is 5.77. The lowest BCUT2D eigenvalue weighted by Crippen LogP contribution is -2.41. The van der Waals surface area contributed by atoms with Crippen LogP contribution in [0.5, 0.6) is 0 Å². The number of aromatic nitrogens is 5. The first kappa shape index (κ1) is 18.6. The number of imidazole rings is 1. The highest BCUT2D eigenvalue weighted by atomic mass is 16.4. The van der Waals surface area contributed by atoms with Crippen LogP contribution >= 0.6 is 0 Å². The van der Waals surface area contributed by atoms with Crippen molar-refractivity contribution in [3.63, 3.8) is 0 Å². The Morgan fingerprint density at radius 3 is 2.97 bits per heavy atom. The number of aromatic amines is 1. The minimum Gasteiger partial charge on any atom is -0.432 e. The van der Waals surface area contributed by atoms with Gasteiger partial charge in [0.2, 0.25) is 11.7 Å². The number of nitrogens with zero attached hydrogens (tertiary/aromatic N) is 5. The molecule has 1 amide bonds. The van der Waals surface area contributed by atoms with Gasteiger partial charge in [-0.05, 0) is 38.5 Å². The van der Waals surface area contributed by atoms with Gasteiger partial charge in [-0.15, -0.1) is 0 Å². The number of carbonyl (C=O) groups is 1. The SMILES string of the molecule is Cc1nc([C@@H](C)O)oc1C(=O)N1CCc2[nH]cnc2[C@H]1c1cc2c(C)cccn2n1. The summed E-state index contributed by atoms with van der Waals surface area (Å²) in [7, 11) is 0.